The molecule has 0 spiro atoms. The fourth-order valence-electron chi connectivity index (χ4n) is 3.11. The van der Waals surface area contributed by atoms with Gasteiger partial charge >= 0.3 is 0 Å². The minimum Gasteiger partial charge on any atom is -0.357 e. The first-order chi connectivity index (χ1) is 13.1. The van der Waals surface area contributed by atoms with E-state index < -0.39 is 0 Å². The summed E-state index contributed by atoms with van der Waals surface area (Å²) in [7, 11) is 1.97. The highest BCUT2D eigenvalue weighted by atomic mass is 35.5. The second-order valence-corrected chi connectivity index (χ2v) is 8.02. The molecule has 0 saturated heterocycles. The Hall–Kier alpha value is -2.05. The molecule has 0 atom stereocenters. The molecule has 2 heterocycles. The van der Waals surface area contributed by atoms with E-state index in [0.717, 1.165) is 36.1 Å². The van der Waals surface area contributed by atoms with E-state index in [9.17, 15) is 4.79 Å². The number of fused-ring (bicyclic) bond motifs is 1. The highest BCUT2D eigenvalue weighted by Gasteiger charge is 2.21. The van der Waals surface area contributed by atoms with Gasteiger partial charge in [0.25, 0.3) is 0 Å². The zero-order chi connectivity index (χ0) is 19.2. The van der Waals surface area contributed by atoms with Crippen LogP contribution in [0.25, 0.3) is 0 Å². The van der Waals surface area contributed by atoms with Gasteiger partial charge in [0.1, 0.15) is 6.54 Å². The number of thiophene rings is 1. The van der Waals surface area contributed by atoms with Crippen molar-refractivity contribution in [3.05, 3.63) is 56.7 Å². The summed E-state index contributed by atoms with van der Waals surface area (Å²) in [6.45, 7) is 5.10. The Morgan fingerprint density at radius 2 is 2.11 bits per heavy atom. The molecule has 0 radical (unpaired) electrons. The number of amides is 1. The molecule has 144 valence electrons. The highest BCUT2D eigenvalue weighted by Crippen LogP contribution is 2.23. The van der Waals surface area contributed by atoms with Gasteiger partial charge in [-0.3, -0.25) is 4.79 Å². The number of nitrogens with one attached hydrogen (secondary N) is 1. The van der Waals surface area contributed by atoms with Crippen LogP contribution in [-0.4, -0.2) is 48.3 Å². The van der Waals surface area contributed by atoms with Crippen molar-refractivity contribution >= 4 is 34.8 Å². The number of benzene rings is 1. The molecule has 1 aromatic heterocycles. The Bertz CT molecular complexity index is 803. The summed E-state index contributed by atoms with van der Waals surface area (Å²) in [5, 5.41) is 6.09. The molecule has 0 aliphatic carbocycles. The van der Waals surface area contributed by atoms with Crippen LogP contribution in [0.4, 0.5) is 0 Å². The summed E-state index contributed by atoms with van der Waals surface area (Å²) in [6, 6.07) is 9.88. The van der Waals surface area contributed by atoms with Crippen LogP contribution in [0.5, 0.6) is 0 Å². The summed E-state index contributed by atoms with van der Waals surface area (Å²) < 4.78 is 0. The standard InChI is InChI=1S/C20H25ClN4OS/c1-3-22-20(24(2)13-15-4-6-17(21)7-5-15)23-12-19(26)25-10-8-18-16(14-25)9-11-27-18/h4-7,9,11H,3,8,10,12-14H2,1-2H3,(H,22,23). The molecule has 0 unspecified atom stereocenters. The second kappa shape index (κ2) is 9.24. The maximum atomic E-state index is 12.6. The van der Waals surface area contributed by atoms with Crippen molar-refractivity contribution in [1.29, 1.82) is 0 Å². The third-order valence-corrected chi connectivity index (χ3v) is 5.83. The third kappa shape index (κ3) is 5.23. The minimum atomic E-state index is 0.0714. The van der Waals surface area contributed by atoms with Gasteiger partial charge in [-0.15, -0.1) is 11.3 Å². The lowest BCUT2D eigenvalue weighted by Gasteiger charge is -2.27. The van der Waals surface area contributed by atoms with Gasteiger partial charge < -0.3 is 15.1 Å². The molecular weight excluding hydrogens is 380 g/mol. The van der Waals surface area contributed by atoms with Crippen LogP contribution in [-0.2, 0) is 24.3 Å². The fraction of sp³-hybridized carbons (Fsp3) is 0.400. The molecule has 2 aromatic rings. The van der Waals surface area contributed by atoms with Crippen LogP contribution in [0, 0.1) is 0 Å². The molecule has 1 aliphatic heterocycles. The van der Waals surface area contributed by atoms with Crippen molar-refractivity contribution in [2.45, 2.75) is 26.4 Å². The van der Waals surface area contributed by atoms with E-state index in [2.05, 4.69) is 21.8 Å². The normalized spacial score (nSPS) is 14.0. The first-order valence-corrected chi connectivity index (χ1v) is 10.4. The Morgan fingerprint density at radius 3 is 2.85 bits per heavy atom. The molecule has 1 N–H and O–H groups in total. The smallest absolute Gasteiger partial charge is 0.244 e. The largest absolute Gasteiger partial charge is 0.357 e. The van der Waals surface area contributed by atoms with Crippen LogP contribution in [0.1, 0.15) is 22.9 Å². The van der Waals surface area contributed by atoms with Gasteiger partial charge in [-0.1, -0.05) is 23.7 Å². The molecule has 27 heavy (non-hydrogen) atoms. The summed E-state index contributed by atoms with van der Waals surface area (Å²) in [4.78, 5) is 22.5. The zero-order valence-electron chi connectivity index (χ0n) is 15.7. The van der Waals surface area contributed by atoms with Gasteiger partial charge in [-0.2, -0.15) is 0 Å². The molecule has 7 heteroatoms. The molecule has 3 rings (SSSR count). The van der Waals surface area contributed by atoms with Crippen molar-refractivity contribution < 1.29 is 4.79 Å². The van der Waals surface area contributed by atoms with E-state index in [0.29, 0.717) is 13.1 Å². The molecule has 0 fully saturated rings. The Balaban J connectivity index is 1.61. The van der Waals surface area contributed by atoms with Crippen molar-refractivity contribution in [1.82, 2.24) is 15.1 Å². The lowest BCUT2D eigenvalue weighted by molar-refractivity contribution is -0.130. The maximum Gasteiger partial charge on any atom is 0.244 e. The van der Waals surface area contributed by atoms with Crippen molar-refractivity contribution in [2.75, 3.05) is 26.7 Å². The van der Waals surface area contributed by atoms with Gasteiger partial charge in [0.2, 0.25) is 5.91 Å². The molecule has 0 bridgehead atoms. The molecule has 5 nitrogen and oxygen atoms in total. The number of nitrogens with zero attached hydrogens (tertiary/aromatic N) is 3. The lowest BCUT2D eigenvalue weighted by atomic mass is 10.1. The summed E-state index contributed by atoms with van der Waals surface area (Å²) in [5.41, 5.74) is 2.41. The summed E-state index contributed by atoms with van der Waals surface area (Å²) >= 11 is 7.73. The zero-order valence-corrected chi connectivity index (χ0v) is 17.3. The van der Waals surface area contributed by atoms with E-state index in [-0.39, 0.29) is 12.5 Å². The Labute approximate surface area is 169 Å². The number of guanidine groups is 1. The van der Waals surface area contributed by atoms with Crippen LogP contribution in [0.15, 0.2) is 40.7 Å². The van der Waals surface area contributed by atoms with E-state index in [4.69, 9.17) is 11.6 Å². The number of hydrogen-bond donors (Lipinski definition) is 1. The topological polar surface area (TPSA) is 47.9 Å². The van der Waals surface area contributed by atoms with Crippen molar-refractivity contribution in [2.24, 2.45) is 4.99 Å². The number of halogens is 1. The van der Waals surface area contributed by atoms with Crippen molar-refractivity contribution in [3.8, 4) is 0 Å². The van der Waals surface area contributed by atoms with Gasteiger partial charge in [-0.05, 0) is 48.1 Å². The van der Waals surface area contributed by atoms with Crippen molar-refractivity contribution in [3.63, 3.8) is 0 Å². The average Bonchev–Trinajstić information content (AvgIpc) is 3.14. The van der Waals surface area contributed by atoms with Crippen LogP contribution in [0.2, 0.25) is 5.02 Å². The number of carbonyl (C=O) groups is 1. The maximum absolute atomic E-state index is 12.6. The van der Waals surface area contributed by atoms with E-state index in [1.54, 1.807) is 11.3 Å². The SMILES string of the molecule is CCNC(=NCC(=O)N1CCc2sccc2C1)N(C)Cc1ccc(Cl)cc1. The number of aliphatic imine (C=N–C) groups is 1. The van der Waals surface area contributed by atoms with Crippen LogP contribution < -0.4 is 5.32 Å². The fourth-order valence-corrected chi connectivity index (χ4v) is 4.13. The quantitative estimate of drug-likeness (QED) is 0.613. The number of rotatable bonds is 5. The second-order valence-electron chi connectivity index (χ2n) is 6.59. The molecule has 1 aromatic carbocycles. The predicted molar refractivity (Wildman–Crippen MR) is 112 cm³/mol. The first kappa shape index (κ1) is 19.7. The highest BCUT2D eigenvalue weighted by molar-refractivity contribution is 7.10. The van der Waals surface area contributed by atoms with Crippen LogP contribution in [0.3, 0.4) is 0 Å². The molecular formula is C20H25ClN4OS. The minimum absolute atomic E-state index is 0.0714. The first-order valence-electron chi connectivity index (χ1n) is 9.13. The average molecular weight is 405 g/mol. The van der Waals surface area contributed by atoms with E-state index in [1.165, 1.54) is 10.4 Å². The number of carbonyl (C=O) groups excluding carboxylic acids is 1. The molecule has 1 amide bonds. The Morgan fingerprint density at radius 1 is 1.33 bits per heavy atom. The number of hydrogen-bond acceptors (Lipinski definition) is 3. The molecule has 1 aliphatic rings. The monoisotopic (exact) mass is 404 g/mol. The predicted octanol–water partition coefficient (Wildman–Crippen LogP) is 3.38. The van der Waals surface area contributed by atoms with Gasteiger partial charge in [0, 0.05) is 43.1 Å². The van der Waals surface area contributed by atoms with Gasteiger partial charge in [-0.25, -0.2) is 4.99 Å². The van der Waals surface area contributed by atoms with Crippen LogP contribution >= 0.6 is 22.9 Å². The Kier molecular flexibility index (Phi) is 6.74. The van der Waals surface area contributed by atoms with E-state index >= 15 is 0 Å². The lowest BCUT2D eigenvalue weighted by Crippen LogP contribution is -2.41. The van der Waals surface area contributed by atoms with Gasteiger partial charge in [0.05, 0.1) is 0 Å². The third-order valence-electron chi connectivity index (χ3n) is 4.55. The van der Waals surface area contributed by atoms with Gasteiger partial charge in [0.15, 0.2) is 5.96 Å². The summed E-state index contributed by atoms with van der Waals surface area (Å²) in [5.74, 6) is 0.802. The van der Waals surface area contributed by atoms with E-state index in [1.807, 2.05) is 48.0 Å². The molecule has 0 saturated carbocycles. The summed E-state index contributed by atoms with van der Waals surface area (Å²) in [6.07, 6.45) is 0.943.